The standard InChI is InChI=1S/C15H19N7O2/c1-21(2)6-7-22-13-9-10(3-4-11(13)17-20-22)15-16-14(19-24-15)12-5-8-23-18-12/h5,8,10H,3-4,6-7,9H2,1-2H3. The fourth-order valence-corrected chi connectivity index (χ4v) is 2.95. The SMILES string of the molecule is CN(C)CCn1nnc2c1CC(c1nc(-c3ccon3)no1)CC2. The van der Waals surface area contributed by atoms with Crippen LogP contribution in [0.1, 0.15) is 29.6 Å². The fourth-order valence-electron chi connectivity index (χ4n) is 2.95. The van der Waals surface area contributed by atoms with Crippen molar-refractivity contribution in [1.29, 1.82) is 0 Å². The van der Waals surface area contributed by atoms with Crippen molar-refractivity contribution < 1.29 is 9.05 Å². The molecule has 1 atom stereocenters. The Morgan fingerprint density at radius 2 is 2.25 bits per heavy atom. The molecule has 0 bridgehead atoms. The van der Waals surface area contributed by atoms with Crippen LogP contribution in [0.3, 0.4) is 0 Å². The minimum Gasteiger partial charge on any atom is -0.364 e. The zero-order valence-corrected chi connectivity index (χ0v) is 13.7. The number of rotatable bonds is 5. The summed E-state index contributed by atoms with van der Waals surface area (Å²) in [6.07, 6.45) is 4.12. The predicted octanol–water partition coefficient (Wildman–Crippen LogP) is 1.15. The lowest BCUT2D eigenvalue weighted by atomic mass is 9.89. The van der Waals surface area contributed by atoms with E-state index in [2.05, 4.69) is 44.6 Å². The first-order valence-electron chi connectivity index (χ1n) is 8.01. The Kier molecular flexibility index (Phi) is 3.85. The van der Waals surface area contributed by atoms with Gasteiger partial charge in [0, 0.05) is 24.9 Å². The van der Waals surface area contributed by atoms with Crippen LogP contribution >= 0.6 is 0 Å². The highest BCUT2D eigenvalue weighted by molar-refractivity contribution is 5.46. The van der Waals surface area contributed by atoms with Crippen molar-refractivity contribution in [1.82, 2.24) is 35.2 Å². The predicted molar refractivity (Wildman–Crippen MR) is 83.1 cm³/mol. The number of hydrogen-bond acceptors (Lipinski definition) is 8. The van der Waals surface area contributed by atoms with E-state index in [1.165, 1.54) is 12.0 Å². The molecule has 0 saturated heterocycles. The molecule has 0 radical (unpaired) electrons. The van der Waals surface area contributed by atoms with E-state index in [-0.39, 0.29) is 5.92 Å². The van der Waals surface area contributed by atoms with E-state index >= 15 is 0 Å². The lowest BCUT2D eigenvalue weighted by Gasteiger charge is -2.19. The molecule has 0 N–H and O–H groups in total. The van der Waals surface area contributed by atoms with Crippen molar-refractivity contribution in [2.75, 3.05) is 20.6 Å². The lowest BCUT2D eigenvalue weighted by molar-refractivity contribution is 0.332. The molecule has 0 fully saturated rings. The van der Waals surface area contributed by atoms with Crippen molar-refractivity contribution in [3.8, 4) is 11.5 Å². The molecule has 126 valence electrons. The van der Waals surface area contributed by atoms with Gasteiger partial charge in [-0.1, -0.05) is 15.5 Å². The summed E-state index contributed by atoms with van der Waals surface area (Å²) in [5, 5.41) is 16.5. The van der Waals surface area contributed by atoms with Gasteiger partial charge in [-0.2, -0.15) is 4.98 Å². The first-order valence-corrected chi connectivity index (χ1v) is 8.01. The molecule has 0 spiro atoms. The first kappa shape index (κ1) is 15.0. The molecule has 9 heteroatoms. The Morgan fingerprint density at radius 1 is 1.33 bits per heavy atom. The second-order valence-corrected chi connectivity index (χ2v) is 6.29. The molecule has 1 aliphatic rings. The van der Waals surface area contributed by atoms with E-state index < -0.39 is 0 Å². The number of hydrogen-bond donors (Lipinski definition) is 0. The van der Waals surface area contributed by atoms with Gasteiger partial charge >= 0.3 is 0 Å². The summed E-state index contributed by atoms with van der Waals surface area (Å²) in [7, 11) is 4.10. The second kappa shape index (κ2) is 6.16. The summed E-state index contributed by atoms with van der Waals surface area (Å²) in [5.41, 5.74) is 2.84. The third-order valence-corrected chi connectivity index (χ3v) is 4.30. The van der Waals surface area contributed by atoms with Crippen molar-refractivity contribution in [3.63, 3.8) is 0 Å². The monoisotopic (exact) mass is 329 g/mol. The van der Waals surface area contributed by atoms with Gasteiger partial charge < -0.3 is 13.9 Å². The Morgan fingerprint density at radius 3 is 3.04 bits per heavy atom. The third-order valence-electron chi connectivity index (χ3n) is 4.30. The van der Waals surface area contributed by atoms with Crippen LogP contribution in [0.25, 0.3) is 11.5 Å². The van der Waals surface area contributed by atoms with Gasteiger partial charge in [0.2, 0.25) is 11.7 Å². The van der Waals surface area contributed by atoms with Crippen molar-refractivity contribution in [3.05, 3.63) is 29.6 Å². The molecule has 24 heavy (non-hydrogen) atoms. The average molecular weight is 329 g/mol. The zero-order chi connectivity index (χ0) is 16.5. The summed E-state index contributed by atoms with van der Waals surface area (Å²) in [6, 6.07) is 1.72. The van der Waals surface area contributed by atoms with Crippen LogP contribution in [0.2, 0.25) is 0 Å². The van der Waals surface area contributed by atoms with E-state index in [1.54, 1.807) is 6.07 Å². The Balaban J connectivity index is 1.52. The number of fused-ring (bicyclic) bond motifs is 1. The normalized spacial score (nSPS) is 17.4. The summed E-state index contributed by atoms with van der Waals surface area (Å²) in [6.45, 7) is 1.76. The van der Waals surface area contributed by atoms with Gasteiger partial charge in [-0.05, 0) is 26.9 Å². The molecule has 3 aromatic heterocycles. The third kappa shape index (κ3) is 2.82. The highest BCUT2D eigenvalue weighted by Gasteiger charge is 2.29. The van der Waals surface area contributed by atoms with Gasteiger partial charge in [0.1, 0.15) is 6.26 Å². The second-order valence-electron chi connectivity index (χ2n) is 6.29. The van der Waals surface area contributed by atoms with Crippen LogP contribution in [0, 0.1) is 0 Å². The summed E-state index contributed by atoms with van der Waals surface area (Å²) in [5.74, 6) is 1.28. The zero-order valence-electron chi connectivity index (χ0n) is 13.7. The van der Waals surface area contributed by atoms with Gasteiger partial charge in [0.25, 0.3) is 0 Å². The van der Waals surface area contributed by atoms with E-state index in [9.17, 15) is 0 Å². The average Bonchev–Trinajstić information content (AvgIpc) is 3.31. The van der Waals surface area contributed by atoms with Gasteiger partial charge in [-0.15, -0.1) is 5.10 Å². The highest BCUT2D eigenvalue weighted by Crippen LogP contribution is 2.31. The van der Waals surface area contributed by atoms with Crippen LogP contribution in [0.4, 0.5) is 0 Å². The van der Waals surface area contributed by atoms with Crippen LogP contribution in [-0.2, 0) is 19.4 Å². The van der Waals surface area contributed by atoms with Gasteiger partial charge in [-0.3, -0.25) is 0 Å². The van der Waals surface area contributed by atoms with E-state index in [0.29, 0.717) is 17.4 Å². The Hall–Kier alpha value is -2.55. The fraction of sp³-hybridized carbons (Fsp3) is 0.533. The number of aryl methyl sites for hydroxylation is 1. The van der Waals surface area contributed by atoms with Crippen LogP contribution < -0.4 is 0 Å². The van der Waals surface area contributed by atoms with Gasteiger partial charge in [0.15, 0.2) is 5.69 Å². The molecular formula is C15H19N7O2. The van der Waals surface area contributed by atoms with E-state index in [1.807, 2.05) is 4.68 Å². The first-order chi connectivity index (χ1) is 11.7. The van der Waals surface area contributed by atoms with E-state index in [0.717, 1.165) is 38.0 Å². The lowest BCUT2D eigenvalue weighted by Crippen LogP contribution is -2.22. The smallest absolute Gasteiger partial charge is 0.230 e. The van der Waals surface area contributed by atoms with Gasteiger partial charge in [0.05, 0.1) is 17.9 Å². The van der Waals surface area contributed by atoms with Crippen LogP contribution in [-0.4, -0.2) is 55.8 Å². The molecule has 1 aliphatic carbocycles. The maximum Gasteiger partial charge on any atom is 0.230 e. The molecule has 0 aliphatic heterocycles. The molecular weight excluding hydrogens is 310 g/mol. The molecule has 0 amide bonds. The minimum absolute atomic E-state index is 0.183. The Labute approximate surface area is 138 Å². The van der Waals surface area contributed by atoms with Crippen molar-refractivity contribution >= 4 is 0 Å². The maximum absolute atomic E-state index is 5.46. The Bertz CT molecular complexity index is 806. The minimum atomic E-state index is 0.183. The number of nitrogens with zero attached hydrogens (tertiary/aromatic N) is 7. The molecule has 0 saturated carbocycles. The topological polar surface area (TPSA) is 98.9 Å². The van der Waals surface area contributed by atoms with Crippen molar-refractivity contribution in [2.45, 2.75) is 31.7 Å². The summed E-state index contributed by atoms with van der Waals surface area (Å²) >= 11 is 0. The quantitative estimate of drug-likeness (QED) is 0.687. The molecule has 0 aromatic carbocycles. The molecule has 4 rings (SSSR count). The molecule has 9 nitrogen and oxygen atoms in total. The van der Waals surface area contributed by atoms with Crippen LogP contribution in [0.5, 0.6) is 0 Å². The number of likely N-dealkylation sites (N-methyl/N-ethyl adjacent to an activating group) is 1. The van der Waals surface area contributed by atoms with Crippen LogP contribution in [0.15, 0.2) is 21.4 Å². The van der Waals surface area contributed by atoms with Crippen molar-refractivity contribution in [2.24, 2.45) is 0 Å². The molecule has 3 heterocycles. The largest absolute Gasteiger partial charge is 0.364 e. The van der Waals surface area contributed by atoms with Gasteiger partial charge in [-0.25, -0.2) is 4.68 Å². The summed E-state index contributed by atoms with van der Waals surface area (Å²) < 4.78 is 12.3. The molecule has 3 aromatic rings. The highest BCUT2D eigenvalue weighted by atomic mass is 16.5. The maximum atomic E-state index is 5.46. The number of aromatic nitrogens is 6. The molecule has 1 unspecified atom stereocenters. The summed E-state index contributed by atoms with van der Waals surface area (Å²) in [4.78, 5) is 6.61. The van der Waals surface area contributed by atoms with E-state index in [4.69, 9.17) is 9.05 Å².